The maximum atomic E-state index is 12.7. The van der Waals surface area contributed by atoms with E-state index in [0.717, 1.165) is 24.5 Å². The predicted octanol–water partition coefficient (Wildman–Crippen LogP) is 3.46. The van der Waals surface area contributed by atoms with Crippen LogP contribution in [-0.4, -0.2) is 35.8 Å². The molecule has 1 aromatic carbocycles. The summed E-state index contributed by atoms with van der Waals surface area (Å²) in [6, 6.07) is 8.54. The van der Waals surface area contributed by atoms with Crippen molar-refractivity contribution in [1.29, 1.82) is 0 Å². The van der Waals surface area contributed by atoms with E-state index in [4.69, 9.17) is 4.74 Å². The minimum absolute atomic E-state index is 0.0858. The molecule has 128 valence electrons. The highest BCUT2D eigenvalue weighted by atomic mass is 19.4. The Kier molecular flexibility index (Phi) is 4.57. The molecule has 1 saturated heterocycles. The van der Waals surface area contributed by atoms with Crippen molar-refractivity contribution in [2.24, 2.45) is 0 Å². The molecular formula is C16H17F3N4O. The van der Waals surface area contributed by atoms with E-state index in [1.807, 2.05) is 12.1 Å². The molecule has 1 aromatic heterocycles. The summed E-state index contributed by atoms with van der Waals surface area (Å²) in [6.07, 6.45) is -3.41. The van der Waals surface area contributed by atoms with E-state index in [2.05, 4.69) is 27.1 Å². The molecule has 0 aliphatic carbocycles. The van der Waals surface area contributed by atoms with Crippen LogP contribution in [0.4, 0.5) is 30.5 Å². The fourth-order valence-electron chi connectivity index (χ4n) is 2.55. The first-order chi connectivity index (χ1) is 11.4. The number of anilines is 3. The number of nitrogens with one attached hydrogen (secondary N) is 1. The number of benzene rings is 1. The Bertz CT molecular complexity index is 690. The van der Waals surface area contributed by atoms with Crippen molar-refractivity contribution in [2.45, 2.75) is 19.1 Å². The first-order valence-corrected chi connectivity index (χ1v) is 7.55. The maximum Gasteiger partial charge on any atom is 0.433 e. The van der Waals surface area contributed by atoms with Gasteiger partial charge in [-0.3, -0.25) is 0 Å². The molecule has 1 fully saturated rings. The van der Waals surface area contributed by atoms with Crippen LogP contribution in [0.25, 0.3) is 0 Å². The summed E-state index contributed by atoms with van der Waals surface area (Å²) in [5, 5.41) is 2.79. The average molecular weight is 338 g/mol. The Morgan fingerprint density at radius 3 is 2.62 bits per heavy atom. The van der Waals surface area contributed by atoms with Crippen molar-refractivity contribution < 1.29 is 17.9 Å². The molecule has 0 saturated carbocycles. The van der Waals surface area contributed by atoms with Gasteiger partial charge < -0.3 is 15.0 Å². The Morgan fingerprint density at radius 2 is 1.96 bits per heavy atom. The van der Waals surface area contributed by atoms with E-state index in [1.165, 1.54) is 0 Å². The van der Waals surface area contributed by atoms with Gasteiger partial charge in [-0.25, -0.2) is 9.97 Å². The van der Waals surface area contributed by atoms with Crippen LogP contribution in [-0.2, 0) is 10.9 Å². The summed E-state index contributed by atoms with van der Waals surface area (Å²) < 4.78 is 43.4. The number of ether oxygens (including phenoxy) is 1. The number of hydrogen-bond acceptors (Lipinski definition) is 5. The standard InChI is InChI=1S/C16H17F3N4O/c1-11-10-24-9-8-23(11)13-4-2-12(3-5-13)21-15-20-7-6-14(22-15)16(17,18)19/h2-7,11H,8-10H2,1H3,(H,20,21,22). The lowest BCUT2D eigenvalue weighted by Crippen LogP contribution is -2.43. The Morgan fingerprint density at radius 1 is 1.21 bits per heavy atom. The lowest BCUT2D eigenvalue weighted by Gasteiger charge is -2.35. The van der Waals surface area contributed by atoms with Gasteiger partial charge in [0.2, 0.25) is 5.95 Å². The Hall–Kier alpha value is -2.35. The second kappa shape index (κ2) is 6.64. The quantitative estimate of drug-likeness (QED) is 0.929. The Labute approximate surface area is 137 Å². The van der Waals surface area contributed by atoms with Crippen LogP contribution in [0.2, 0.25) is 0 Å². The van der Waals surface area contributed by atoms with Crippen LogP contribution in [0.15, 0.2) is 36.5 Å². The highest BCUT2D eigenvalue weighted by Gasteiger charge is 2.32. The number of morpholine rings is 1. The minimum Gasteiger partial charge on any atom is -0.377 e. The van der Waals surface area contributed by atoms with E-state index in [1.54, 1.807) is 12.1 Å². The highest BCUT2D eigenvalue weighted by Crippen LogP contribution is 2.28. The molecule has 24 heavy (non-hydrogen) atoms. The number of rotatable bonds is 3. The molecule has 0 spiro atoms. The van der Waals surface area contributed by atoms with Crippen molar-refractivity contribution in [3.05, 3.63) is 42.2 Å². The zero-order chi connectivity index (χ0) is 17.2. The predicted molar refractivity (Wildman–Crippen MR) is 84.4 cm³/mol. The molecular weight excluding hydrogens is 321 g/mol. The third-order valence-electron chi connectivity index (χ3n) is 3.77. The zero-order valence-corrected chi connectivity index (χ0v) is 13.0. The van der Waals surface area contributed by atoms with E-state index in [9.17, 15) is 13.2 Å². The number of hydrogen-bond donors (Lipinski definition) is 1. The van der Waals surface area contributed by atoms with Crippen LogP contribution < -0.4 is 10.2 Å². The average Bonchev–Trinajstić information content (AvgIpc) is 2.56. The van der Waals surface area contributed by atoms with Gasteiger partial charge in [-0.15, -0.1) is 0 Å². The van der Waals surface area contributed by atoms with Crippen molar-refractivity contribution in [1.82, 2.24) is 9.97 Å². The second-order valence-electron chi connectivity index (χ2n) is 5.55. The van der Waals surface area contributed by atoms with Gasteiger partial charge in [-0.2, -0.15) is 13.2 Å². The van der Waals surface area contributed by atoms with E-state index in [-0.39, 0.29) is 12.0 Å². The molecule has 2 heterocycles. The van der Waals surface area contributed by atoms with Crippen LogP contribution in [0.1, 0.15) is 12.6 Å². The molecule has 1 N–H and O–H groups in total. The van der Waals surface area contributed by atoms with Gasteiger partial charge in [-0.1, -0.05) is 0 Å². The van der Waals surface area contributed by atoms with Crippen molar-refractivity contribution in [2.75, 3.05) is 30.0 Å². The molecule has 8 heteroatoms. The van der Waals surface area contributed by atoms with Crippen molar-refractivity contribution in [3.63, 3.8) is 0 Å². The molecule has 0 amide bonds. The van der Waals surface area contributed by atoms with Gasteiger partial charge in [0.15, 0.2) is 0 Å². The first kappa shape index (κ1) is 16.5. The van der Waals surface area contributed by atoms with Crippen LogP contribution in [0.3, 0.4) is 0 Å². The molecule has 5 nitrogen and oxygen atoms in total. The molecule has 1 aliphatic rings. The number of halogens is 3. The fraction of sp³-hybridized carbons (Fsp3) is 0.375. The van der Waals surface area contributed by atoms with Gasteiger partial charge in [0.1, 0.15) is 5.69 Å². The normalized spacial score (nSPS) is 18.5. The number of alkyl halides is 3. The molecule has 0 bridgehead atoms. The highest BCUT2D eigenvalue weighted by molar-refractivity contribution is 5.59. The first-order valence-electron chi connectivity index (χ1n) is 7.55. The monoisotopic (exact) mass is 338 g/mol. The summed E-state index contributed by atoms with van der Waals surface area (Å²) in [5.74, 6) is -0.0858. The third-order valence-corrected chi connectivity index (χ3v) is 3.77. The topological polar surface area (TPSA) is 50.3 Å². The molecule has 3 rings (SSSR count). The summed E-state index contributed by atoms with van der Waals surface area (Å²) in [4.78, 5) is 9.54. The molecule has 1 unspecified atom stereocenters. The molecule has 1 atom stereocenters. The lowest BCUT2D eigenvalue weighted by molar-refractivity contribution is -0.141. The third kappa shape index (κ3) is 3.76. The summed E-state index contributed by atoms with van der Waals surface area (Å²) >= 11 is 0. The van der Waals surface area contributed by atoms with Crippen molar-refractivity contribution >= 4 is 17.3 Å². The smallest absolute Gasteiger partial charge is 0.377 e. The largest absolute Gasteiger partial charge is 0.433 e. The van der Waals surface area contributed by atoms with Gasteiger partial charge in [0.05, 0.1) is 13.2 Å². The summed E-state index contributed by atoms with van der Waals surface area (Å²) in [6.45, 7) is 4.26. The van der Waals surface area contributed by atoms with Gasteiger partial charge in [-0.05, 0) is 37.3 Å². The summed E-state index contributed by atoms with van der Waals surface area (Å²) in [5.41, 5.74) is 0.694. The van der Waals surface area contributed by atoms with E-state index in [0.29, 0.717) is 18.9 Å². The van der Waals surface area contributed by atoms with E-state index >= 15 is 0 Å². The van der Waals surface area contributed by atoms with Gasteiger partial charge >= 0.3 is 6.18 Å². The van der Waals surface area contributed by atoms with Crippen LogP contribution in [0.5, 0.6) is 0 Å². The SMILES string of the molecule is CC1COCCN1c1ccc(Nc2nccc(C(F)(F)F)n2)cc1. The molecule has 0 radical (unpaired) electrons. The van der Waals surface area contributed by atoms with Crippen molar-refractivity contribution in [3.8, 4) is 0 Å². The van der Waals surface area contributed by atoms with E-state index < -0.39 is 11.9 Å². The summed E-state index contributed by atoms with van der Waals surface area (Å²) in [7, 11) is 0. The fourth-order valence-corrected chi connectivity index (χ4v) is 2.55. The number of aromatic nitrogens is 2. The van der Waals surface area contributed by atoms with Gasteiger partial charge in [0.25, 0.3) is 0 Å². The Balaban J connectivity index is 1.72. The molecule has 2 aromatic rings. The van der Waals surface area contributed by atoms with Crippen LogP contribution in [0, 0.1) is 0 Å². The van der Waals surface area contributed by atoms with Gasteiger partial charge in [0, 0.05) is 30.2 Å². The molecule has 1 aliphatic heterocycles. The zero-order valence-electron chi connectivity index (χ0n) is 13.0. The second-order valence-corrected chi connectivity index (χ2v) is 5.55. The lowest BCUT2D eigenvalue weighted by atomic mass is 10.2. The maximum absolute atomic E-state index is 12.7. The van der Waals surface area contributed by atoms with Crippen LogP contribution >= 0.6 is 0 Å². The number of nitrogens with zero attached hydrogens (tertiary/aromatic N) is 3. The minimum atomic E-state index is -4.49.